The molecule has 1 aromatic rings. The van der Waals surface area contributed by atoms with E-state index in [1.807, 2.05) is 30.3 Å². The van der Waals surface area contributed by atoms with Crippen LogP contribution in [0.4, 0.5) is 10.5 Å². The summed E-state index contributed by atoms with van der Waals surface area (Å²) < 4.78 is 26.1. The maximum absolute atomic E-state index is 13.1. The first-order valence-corrected chi connectivity index (χ1v) is 11.8. The molecule has 2 spiro atoms. The molecule has 0 aliphatic carbocycles. The smallest absolute Gasteiger partial charge is 0.321 e. The molecule has 3 amide bonds. The number of nitrogens with one attached hydrogen (secondary N) is 1. The van der Waals surface area contributed by atoms with Gasteiger partial charge in [-0.3, -0.25) is 4.79 Å². The van der Waals surface area contributed by atoms with Crippen LogP contribution >= 0.6 is 0 Å². The molecule has 3 saturated heterocycles. The van der Waals surface area contributed by atoms with Crippen molar-refractivity contribution in [2.24, 2.45) is 10.8 Å². The van der Waals surface area contributed by atoms with Gasteiger partial charge in [-0.2, -0.15) is 0 Å². The number of urea groups is 1. The summed E-state index contributed by atoms with van der Waals surface area (Å²) in [5.74, 6) is 0.0471. The molecule has 8 nitrogen and oxygen atoms in total. The van der Waals surface area contributed by atoms with E-state index in [4.69, 9.17) is 0 Å². The molecule has 29 heavy (non-hydrogen) atoms. The number of rotatable bonds is 2. The van der Waals surface area contributed by atoms with Gasteiger partial charge in [0.1, 0.15) is 0 Å². The van der Waals surface area contributed by atoms with E-state index in [1.54, 1.807) is 16.8 Å². The molecule has 158 valence electrons. The lowest BCUT2D eigenvalue weighted by Crippen LogP contribution is -2.54. The molecule has 0 bridgehead atoms. The van der Waals surface area contributed by atoms with Crippen LogP contribution in [-0.2, 0) is 14.8 Å². The first-order chi connectivity index (χ1) is 13.7. The third-order valence-electron chi connectivity index (χ3n) is 7.07. The maximum atomic E-state index is 13.1. The average Bonchev–Trinajstić information content (AvgIpc) is 3.16. The molecule has 1 N–H and O–H groups in total. The Bertz CT molecular complexity index is 912. The third kappa shape index (κ3) is 3.30. The number of nitrogens with zero attached hydrogens (tertiary/aromatic N) is 3. The number of benzene rings is 1. The van der Waals surface area contributed by atoms with Gasteiger partial charge in [0.15, 0.2) is 0 Å². The molecule has 1 atom stereocenters. The molecule has 3 fully saturated rings. The zero-order valence-corrected chi connectivity index (χ0v) is 17.7. The summed E-state index contributed by atoms with van der Waals surface area (Å²) in [6.07, 6.45) is 3.14. The fraction of sp³-hybridized carbons (Fsp3) is 0.600. The van der Waals surface area contributed by atoms with Gasteiger partial charge in [-0.1, -0.05) is 18.2 Å². The van der Waals surface area contributed by atoms with Gasteiger partial charge in [0.2, 0.25) is 15.9 Å². The second-order valence-corrected chi connectivity index (χ2v) is 10.6. The Labute approximate surface area is 171 Å². The van der Waals surface area contributed by atoms with Gasteiger partial charge in [0.05, 0.1) is 11.7 Å². The van der Waals surface area contributed by atoms with Crippen LogP contribution in [0.25, 0.3) is 0 Å². The quantitative estimate of drug-likeness (QED) is 0.784. The average molecular weight is 421 g/mol. The van der Waals surface area contributed by atoms with Crippen LogP contribution in [-0.4, -0.2) is 80.5 Å². The van der Waals surface area contributed by atoms with Gasteiger partial charge >= 0.3 is 6.03 Å². The monoisotopic (exact) mass is 420 g/mol. The molecule has 0 saturated carbocycles. The zero-order valence-electron chi connectivity index (χ0n) is 16.9. The Morgan fingerprint density at radius 3 is 2.24 bits per heavy atom. The van der Waals surface area contributed by atoms with Crippen molar-refractivity contribution in [1.29, 1.82) is 0 Å². The van der Waals surface area contributed by atoms with E-state index < -0.39 is 20.9 Å². The molecule has 3 aliphatic heterocycles. The highest BCUT2D eigenvalue weighted by Crippen LogP contribution is 2.58. The van der Waals surface area contributed by atoms with Crippen LogP contribution in [0.15, 0.2) is 30.3 Å². The predicted molar refractivity (Wildman–Crippen MR) is 110 cm³/mol. The Hall–Kier alpha value is -2.13. The van der Waals surface area contributed by atoms with Gasteiger partial charge in [-0.05, 0) is 31.4 Å². The fourth-order valence-electron chi connectivity index (χ4n) is 5.32. The van der Waals surface area contributed by atoms with E-state index >= 15 is 0 Å². The highest BCUT2D eigenvalue weighted by molar-refractivity contribution is 7.88. The lowest BCUT2D eigenvalue weighted by atomic mass is 9.60. The van der Waals surface area contributed by atoms with Crippen LogP contribution in [0.5, 0.6) is 0 Å². The number of carbonyl (C=O) groups is 2. The lowest BCUT2D eigenvalue weighted by molar-refractivity contribution is -0.140. The summed E-state index contributed by atoms with van der Waals surface area (Å²) in [6, 6.07) is 9.14. The second-order valence-electron chi connectivity index (χ2n) is 8.65. The Morgan fingerprint density at radius 2 is 1.69 bits per heavy atom. The van der Waals surface area contributed by atoms with Gasteiger partial charge in [0.25, 0.3) is 0 Å². The van der Waals surface area contributed by atoms with Crippen LogP contribution in [0.1, 0.15) is 19.3 Å². The van der Waals surface area contributed by atoms with E-state index in [0.717, 1.165) is 5.69 Å². The minimum atomic E-state index is -3.38. The molecule has 3 aliphatic rings. The lowest BCUT2D eigenvalue weighted by Gasteiger charge is -2.46. The maximum Gasteiger partial charge on any atom is 0.321 e. The Kier molecular flexibility index (Phi) is 4.85. The van der Waals surface area contributed by atoms with Crippen molar-refractivity contribution in [1.82, 2.24) is 14.1 Å². The SMILES string of the molecule is CN1CCC2(CN(S(C)(=O)=O)CC23CCN(C(=O)Nc2ccccc2)CC3)C1=O. The second kappa shape index (κ2) is 6.98. The van der Waals surface area contributed by atoms with E-state index in [9.17, 15) is 18.0 Å². The minimum Gasteiger partial charge on any atom is -0.345 e. The molecule has 9 heteroatoms. The van der Waals surface area contributed by atoms with Gasteiger partial charge in [0, 0.05) is 50.9 Å². The standard InChI is InChI=1S/C20H28N4O4S/c1-22-11-10-20(17(22)25)15-24(29(2,27)28)14-19(20)8-12-23(13-9-19)18(26)21-16-6-4-3-5-7-16/h3-7H,8-15H2,1-2H3,(H,21,26). The van der Waals surface area contributed by atoms with Gasteiger partial charge in [-0.15, -0.1) is 0 Å². The number of carbonyl (C=O) groups excluding carboxylic acids is 2. The number of para-hydroxylation sites is 1. The topological polar surface area (TPSA) is 90.0 Å². The molecule has 0 aromatic heterocycles. The molecular formula is C20H28N4O4S. The first kappa shape index (κ1) is 20.2. The normalized spacial score (nSPS) is 27.2. The Balaban J connectivity index is 1.53. The van der Waals surface area contributed by atoms with E-state index in [1.165, 1.54) is 10.6 Å². The van der Waals surface area contributed by atoms with Crippen molar-refractivity contribution in [3.05, 3.63) is 30.3 Å². The van der Waals surface area contributed by atoms with Gasteiger partial charge < -0.3 is 15.1 Å². The molecule has 4 rings (SSSR count). The zero-order chi connectivity index (χ0) is 20.9. The summed E-state index contributed by atoms with van der Waals surface area (Å²) in [6.45, 7) is 2.28. The first-order valence-electron chi connectivity index (χ1n) is 9.99. The van der Waals surface area contributed by atoms with E-state index in [-0.39, 0.29) is 18.5 Å². The largest absolute Gasteiger partial charge is 0.345 e. The van der Waals surface area contributed by atoms with Crippen LogP contribution < -0.4 is 5.32 Å². The highest BCUT2D eigenvalue weighted by atomic mass is 32.2. The minimum absolute atomic E-state index is 0.0471. The number of amides is 3. The van der Waals surface area contributed by atoms with Crippen molar-refractivity contribution >= 4 is 27.6 Å². The number of hydrogen-bond donors (Lipinski definition) is 1. The molecule has 0 radical (unpaired) electrons. The van der Waals surface area contributed by atoms with E-state index in [2.05, 4.69) is 5.32 Å². The number of sulfonamides is 1. The third-order valence-corrected chi connectivity index (χ3v) is 8.27. The van der Waals surface area contributed by atoms with E-state index in [0.29, 0.717) is 45.4 Å². The molecule has 1 unspecified atom stereocenters. The highest BCUT2D eigenvalue weighted by Gasteiger charge is 2.66. The number of piperidine rings is 1. The number of fused-ring (bicyclic) bond motifs is 1. The summed E-state index contributed by atoms with van der Waals surface area (Å²) in [7, 11) is -1.60. The van der Waals surface area contributed by atoms with Crippen LogP contribution in [0.2, 0.25) is 0 Å². The number of hydrogen-bond acceptors (Lipinski definition) is 4. The molecular weight excluding hydrogens is 392 g/mol. The number of anilines is 1. The summed E-state index contributed by atoms with van der Waals surface area (Å²) >= 11 is 0. The van der Waals surface area contributed by atoms with Crippen molar-refractivity contribution < 1.29 is 18.0 Å². The fourth-order valence-corrected chi connectivity index (χ4v) is 6.25. The Morgan fingerprint density at radius 1 is 1.03 bits per heavy atom. The molecule has 3 heterocycles. The van der Waals surface area contributed by atoms with Crippen molar-refractivity contribution in [2.75, 3.05) is 51.3 Å². The number of likely N-dealkylation sites (tertiary alicyclic amines) is 2. The van der Waals surface area contributed by atoms with Crippen LogP contribution in [0, 0.1) is 10.8 Å². The van der Waals surface area contributed by atoms with Gasteiger partial charge in [-0.25, -0.2) is 17.5 Å². The summed E-state index contributed by atoms with van der Waals surface area (Å²) in [4.78, 5) is 29.3. The summed E-state index contributed by atoms with van der Waals surface area (Å²) in [5, 5.41) is 2.91. The van der Waals surface area contributed by atoms with Crippen LogP contribution in [0.3, 0.4) is 0 Å². The van der Waals surface area contributed by atoms with Crippen molar-refractivity contribution in [3.8, 4) is 0 Å². The molecule has 1 aromatic carbocycles. The summed E-state index contributed by atoms with van der Waals surface area (Å²) in [5.41, 5.74) is -0.347. The predicted octanol–water partition coefficient (Wildman–Crippen LogP) is 1.42. The van der Waals surface area contributed by atoms with Crippen molar-refractivity contribution in [2.45, 2.75) is 19.3 Å². The van der Waals surface area contributed by atoms with Crippen molar-refractivity contribution in [3.63, 3.8) is 0 Å².